The highest BCUT2D eigenvalue weighted by atomic mass is 16.5. The van der Waals surface area contributed by atoms with Crippen molar-refractivity contribution < 1.29 is 4.74 Å². The van der Waals surface area contributed by atoms with Crippen molar-refractivity contribution in [1.82, 2.24) is 10.2 Å². The van der Waals surface area contributed by atoms with E-state index in [1.165, 1.54) is 51.7 Å². The van der Waals surface area contributed by atoms with E-state index in [2.05, 4.69) is 24.1 Å². The second kappa shape index (κ2) is 8.23. The first kappa shape index (κ1) is 15.3. The van der Waals surface area contributed by atoms with E-state index < -0.39 is 0 Å². The van der Waals surface area contributed by atoms with Gasteiger partial charge in [-0.25, -0.2) is 0 Å². The van der Waals surface area contributed by atoms with Crippen LogP contribution in [0.5, 0.6) is 0 Å². The van der Waals surface area contributed by atoms with E-state index in [1.807, 2.05) is 0 Å². The number of nitrogens with zero attached hydrogens (tertiary/aromatic N) is 1. The first-order valence-corrected chi connectivity index (χ1v) is 8.28. The first-order valence-electron chi connectivity index (χ1n) is 8.28. The largest absolute Gasteiger partial charge is 0.380 e. The van der Waals surface area contributed by atoms with Crippen molar-refractivity contribution in [2.45, 2.75) is 52.0 Å². The molecule has 1 heterocycles. The second-order valence-corrected chi connectivity index (χ2v) is 6.71. The van der Waals surface area contributed by atoms with E-state index in [4.69, 9.17) is 4.74 Å². The van der Waals surface area contributed by atoms with Crippen molar-refractivity contribution in [2.24, 2.45) is 11.8 Å². The summed E-state index contributed by atoms with van der Waals surface area (Å²) in [6.07, 6.45) is 6.74. The van der Waals surface area contributed by atoms with Gasteiger partial charge in [0, 0.05) is 25.7 Å². The first-order chi connectivity index (χ1) is 9.25. The predicted molar refractivity (Wildman–Crippen MR) is 80.5 cm³/mol. The summed E-state index contributed by atoms with van der Waals surface area (Å²) in [4.78, 5) is 2.70. The summed E-state index contributed by atoms with van der Waals surface area (Å²) >= 11 is 0. The van der Waals surface area contributed by atoms with Crippen LogP contribution in [0.3, 0.4) is 0 Å². The van der Waals surface area contributed by atoms with E-state index in [1.54, 1.807) is 0 Å². The molecule has 19 heavy (non-hydrogen) atoms. The van der Waals surface area contributed by atoms with Crippen LogP contribution in [0.4, 0.5) is 0 Å². The minimum absolute atomic E-state index is 0.759. The zero-order valence-electron chi connectivity index (χ0n) is 12.9. The van der Waals surface area contributed by atoms with Crippen LogP contribution in [-0.4, -0.2) is 50.3 Å². The number of rotatable bonds is 9. The van der Waals surface area contributed by atoms with Gasteiger partial charge in [-0.1, -0.05) is 13.8 Å². The van der Waals surface area contributed by atoms with E-state index >= 15 is 0 Å². The third kappa shape index (κ3) is 6.24. The zero-order chi connectivity index (χ0) is 13.5. The molecule has 0 amide bonds. The van der Waals surface area contributed by atoms with Gasteiger partial charge in [0.25, 0.3) is 0 Å². The molecule has 1 saturated heterocycles. The maximum Gasteiger partial charge on any atom is 0.0593 e. The fourth-order valence-electron chi connectivity index (χ4n) is 2.86. The molecule has 1 aliphatic heterocycles. The Morgan fingerprint density at radius 2 is 1.84 bits per heavy atom. The number of ether oxygens (including phenoxy) is 1. The van der Waals surface area contributed by atoms with Gasteiger partial charge in [-0.3, -0.25) is 4.90 Å². The van der Waals surface area contributed by atoms with Gasteiger partial charge in [0.05, 0.1) is 6.61 Å². The molecular weight excluding hydrogens is 236 g/mol. The minimum Gasteiger partial charge on any atom is -0.380 e. The highest BCUT2D eigenvalue weighted by molar-refractivity contribution is 4.86. The number of hydrogen-bond donors (Lipinski definition) is 1. The van der Waals surface area contributed by atoms with E-state index in [0.717, 1.165) is 37.6 Å². The molecule has 0 bridgehead atoms. The van der Waals surface area contributed by atoms with Crippen molar-refractivity contribution in [3.63, 3.8) is 0 Å². The molecular formula is C16H32N2O. The van der Waals surface area contributed by atoms with Crippen LogP contribution in [0.15, 0.2) is 0 Å². The van der Waals surface area contributed by atoms with Gasteiger partial charge in [0.2, 0.25) is 0 Å². The van der Waals surface area contributed by atoms with Gasteiger partial charge in [-0.2, -0.15) is 0 Å². The molecule has 2 fully saturated rings. The normalized spacial score (nSPS) is 21.5. The van der Waals surface area contributed by atoms with Gasteiger partial charge in [-0.15, -0.1) is 0 Å². The molecule has 2 aliphatic rings. The minimum atomic E-state index is 0.759. The third-order valence-corrected chi connectivity index (χ3v) is 4.38. The summed E-state index contributed by atoms with van der Waals surface area (Å²) in [5.74, 6) is 1.67. The van der Waals surface area contributed by atoms with E-state index in [0.29, 0.717) is 0 Å². The molecule has 0 atom stereocenters. The van der Waals surface area contributed by atoms with Crippen LogP contribution < -0.4 is 5.32 Å². The van der Waals surface area contributed by atoms with Crippen LogP contribution in [0.1, 0.15) is 46.0 Å². The Balaban J connectivity index is 1.59. The summed E-state index contributed by atoms with van der Waals surface area (Å²) in [6, 6.07) is 0.878. The maximum atomic E-state index is 5.79. The molecule has 1 N–H and O–H groups in total. The average Bonchev–Trinajstić information content (AvgIpc) is 3.22. The van der Waals surface area contributed by atoms with Crippen LogP contribution in [0.2, 0.25) is 0 Å². The molecule has 1 aliphatic carbocycles. The molecule has 0 spiro atoms. The predicted octanol–water partition coefficient (Wildman–Crippen LogP) is 2.51. The van der Waals surface area contributed by atoms with Crippen LogP contribution in [0, 0.1) is 11.8 Å². The van der Waals surface area contributed by atoms with Crippen molar-refractivity contribution in [3.05, 3.63) is 0 Å². The maximum absolute atomic E-state index is 5.79. The Morgan fingerprint density at radius 1 is 1.11 bits per heavy atom. The summed E-state index contributed by atoms with van der Waals surface area (Å²) in [5.41, 5.74) is 0. The highest BCUT2D eigenvalue weighted by Crippen LogP contribution is 2.28. The number of piperidine rings is 1. The lowest BCUT2D eigenvalue weighted by atomic mass is 9.97. The SMILES string of the molecule is CC(C)CCOCCN(CC1CCNCC1)C1CC1. The fourth-order valence-corrected chi connectivity index (χ4v) is 2.86. The summed E-state index contributed by atoms with van der Waals surface area (Å²) in [5, 5.41) is 3.46. The fraction of sp³-hybridized carbons (Fsp3) is 1.00. The Kier molecular flexibility index (Phi) is 6.62. The van der Waals surface area contributed by atoms with Crippen LogP contribution in [0.25, 0.3) is 0 Å². The van der Waals surface area contributed by atoms with Gasteiger partial charge >= 0.3 is 0 Å². The van der Waals surface area contributed by atoms with Gasteiger partial charge in [-0.05, 0) is 57.0 Å². The Hall–Kier alpha value is -0.120. The average molecular weight is 268 g/mol. The highest BCUT2D eigenvalue weighted by Gasteiger charge is 2.30. The van der Waals surface area contributed by atoms with Gasteiger partial charge < -0.3 is 10.1 Å². The van der Waals surface area contributed by atoms with Crippen molar-refractivity contribution >= 4 is 0 Å². The van der Waals surface area contributed by atoms with E-state index in [-0.39, 0.29) is 0 Å². The molecule has 0 radical (unpaired) electrons. The Bertz CT molecular complexity index is 235. The molecule has 112 valence electrons. The smallest absolute Gasteiger partial charge is 0.0593 e. The van der Waals surface area contributed by atoms with E-state index in [9.17, 15) is 0 Å². The lowest BCUT2D eigenvalue weighted by molar-refractivity contribution is 0.0852. The molecule has 0 aromatic heterocycles. The summed E-state index contributed by atoms with van der Waals surface area (Å²) < 4.78 is 5.79. The van der Waals surface area contributed by atoms with Gasteiger partial charge in [0.15, 0.2) is 0 Å². The number of hydrogen-bond acceptors (Lipinski definition) is 3. The molecule has 0 aromatic carbocycles. The third-order valence-electron chi connectivity index (χ3n) is 4.38. The monoisotopic (exact) mass is 268 g/mol. The summed E-state index contributed by atoms with van der Waals surface area (Å²) in [7, 11) is 0. The Morgan fingerprint density at radius 3 is 2.47 bits per heavy atom. The molecule has 2 rings (SSSR count). The Labute approximate surface area is 119 Å². The molecule has 0 aromatic rings. The zero-order valence-corrected chi connectivity index (χ0v) is 12.9. The quantitative estimate of drug-likeness (QED) is 0.650. The summed E-state index contributed by atoms with van der Waals surface area (Å²) in [6.45, 7) is 11.3. The molecule has 1 saturated carbocycles. The van der Waals surface area contributed by atoms with Crippen molar-refractivity contribution in [2.75, 3.05) is 39.4 Å². The molecule has 0 unspecified atom stereocenters. The van der Waals surface area contributed by atoms with Crippen molar-refractivity contribution in [3.8, 4) is 0 Å². The standard InChI is InChI=1S/C16H32N2O/c1-14(2)7-11-19-12-10-18(16-3-4-16)13-15-5-8-17-9-6-15/h14-17H,3-13H2,1-2H3. The van der Waals surface area contributed by atoms with Crippen LogP contribution >= 0.6 is 0 Å². The molecule has 3 heteroatoms. The molecule has 3 nitrogen and oxygen atoms in total. The lowest BCUT2D eigenvalue weighted by Crippen LogP contribution is -2.38. The topological polar surface area (TPSA) is 24.5 Å². The van der Waals surface area contributed by atoms with Crippen molar-refractivity contribution in [1.29, 1.82) is 0 Å². The second-order valence-electron chi connectivity index (χ2n) is 6.71. The number of nitrogens with one attached hydrogen (secondary N) is 1. The lowest BCUT2D eigenvalue weighted by Gasteiger charge is -2.30. The van der Waals surface area contributed by atoms with Gasteiger partial charge in [0.1, 0.15) is 0 Å². The van der Waals surface area contributed by atoms with Crippen LogP contribution in [-0.2, 0) is 4.74 Å².